The summed E-state index contributed by atoms with van der Waals surface area (Å²) in [4.78, 5) is 26.3. The van der Waals surface area contributed by atoms with Crippen LogP contribution in [0.1, 0.15) is 67.2 Å². The van der Waals surface area contributed by atoms with Crippen LogP contribution in [0.2, 0.25) is 0 Å². The number of anilines is 1. The van der Waals surface area contributed by atoms with Gasteiger partial charge in [-0.05, 0) is 37.4 Å². The lowest BCUT2D eigenvalue weighted by molar-refractivity contribution is 0.102. The molecule has 1 amide bonds. The van der Waals surface area contributed by atoms with Gasteiger partial charge >= 0.3 is 0 Å². The van der Waals surface area contributed by atoms with E-state index in [4.69, 9.17) is 4.42 Å². The predicted molar refractivity (Wildman–Crippen MR) is 117 cm³/mol. The monoisotopic (exact) mass is 410 g/mol. The third-order valence-electron chi connectivity index (χ3n) is 4.49. The van der Waals surface area contributed by atoms with Gasteiger partial charge in [-0.15, -0.1) is 11.8 Å². The van der Waals surface area contributed by atoms with E-state index in [2.05, 4.69) is 34.1 Å². The summed E-state index contributed by atoms with van der Waals surface area (Å²) >= 11 is 1.45. The number of nitrogens with one attached hydrogen (secondary N) is 1. The van der Waals surface area contributed by atoms with Crippen LogP contribution in [0.3, 0.4) is 0 Å². The van der Waals surface area contributed by atoms with E-state index in [9.17, 15) is 4.79 Å². The first-order valence-corrected chi connectivity index (χ1v) is 10.8. The molecular weight excluding hydrogens is 384 g/mol. The molecule has 1 aromatic carbocycles. The second-order valence-electron chi connectivity index (χ2n) is 7.46. The molecule has 29 heavy (non-hydrogen) atoms. The predicted octanol–water partition coefficient (Wildman–Crippen LogP) is 5.66. The van der Waals surface area contributed by atoms with Crippen molar-refractivity contribution in [2.75, 3.05) is 11.6 Å². The summed E-state index contributed by atoms with van der Waals surface area (Å²) in [5.41, 5.74) is 2.75. The molecule has 2 heterocycles. The Morgan fingerprint density at radius 3 is 2.31 bits per heavy atom. The van der Waals surface area contributed by atoms with Gasteiger partial charge in [0.1, 0.15) is 16.6 Å². The second kappa shape index (κ2) is 8.78. The van der Waals surface area contributed by atoms with Gasteiger partial charge in [0, 0.05) is 23.1 Å². The number of hydrogen-bond donors (Lipinski definition) is 1. The summed E-state index contributed by atoms with van der Waals surface area (Å²) in [5.74, 6) is 2.45. The smallest absolute Gasteiger partial charge is 0.260 e. The first kappa shape index (κ1) is 21.0. The highest BCUT2D eigenvalue weighted by Gasteiger charge is 2.19. The van der Waals surface area contributed by atoms with Crippen molar-refractivity contribution >= 4 is 23.4 Å². The highest BCUT2D eigenvalue weighted by atomic mass is 32.2. The molecule has 0 fully saturated rings. The molecule has 0 radical (unpaired) electrons. The number of oxazole rings is 1. The van der Waals surface area contributed by atoms with Crippen LogP contribution in [0.4, 0.5) is 5.69 Å². The Morgan fingerprint density at radius 1 is 1.07 bits per heavy atom. The van der Waals surface area contributed by atoms with Crippen LogP contribution in [0, 0.1) is 6.92 Å². The molecule has 2 aromatic heterocycles. The van der Waals surface area contributed by atoms with Crippen LogP contribution in [-0.2, 0) is 0 Å². The quantitative estimate of drug-likeness (QED) is 0.417. The fourth-order valence-electron chi connectivity index (χ4n) is 2.81. The number of thioether (sulfide) groups is 1. The number of carbonyl (C=O) groups is 1. The van der Waals surface area contributed by atoms with Crippen LogP contribution in [0.25, 0.3) is 11.5 Å². The second-order valence-corrected chi connectivity index (χ2v) is 8.26. The first-order valence-electron chi connectivity index (χ1n) is 9.60. The Balaban J connectivity index is 1.80. The van der Waals surface area contributed by atoms with Gasteiger partial charge in [0.25, 0.3) is 5.91 Å². The zero-order valence-electron chi connectivity index (χ0n) is 17.6. The maximum absolute atomic E-state index is 12.9. The van der Waals surface area contributed by atoms with E-state index in [-0.39, 0.29) is 17.7 Å². The fraction of sp³-hybridized carbons (Fsp3) is 0.364. The average molecular weight is 411 g/mol. The van der Waals surface area contributed by atoms with Crippen molar-refractivity contribution in [3.8, 4) is 11.5 Å². The van der Waals surface area contributed by atoms with Crippen molar-refractivity contribution < 1.29 is 9.21 Å². The summed E-state index contributed by atoms with van der Waals surface area (Å²) in [5, 5.41) is 3.63. The molecule has 7 heteroatoms. The number of hydrogen-bond acceptors (Lipinski definition) is 6. The lowest BCUT2D eigenvalue weighted by Crippen LogP contribution is -2.17. The first-order chi connectivity index (χ1) is 13.8. The van der Waals surface area contributed by atoms with Gasteiger partial charge < -0.3 is 9.73 Å². The van der Waals surface area contributed by atoms with E-state index >= 15 is 0 Å². The number of aromatic nitrogens is 3. The molecule has 0 saturated heterocycles. The van der Waals surface area contributed by atoms with Crippen molar-refractivity contribution in [1.82, 2.24) is 15.0 Å². The lowest BCUT2D eigenvalue weighted by Gasteiger charge is -2.13. The molecule has 0 aliphatic carbocycles. The van der Waals surface area contributed by atoms with Gasteiger partial charge in [0.05, 0.1) is 17.5 Å². The van der Waals surface area contributed by atoms with Crippen LogP contribution >= 0.6 is 11.8 Å². The molecule has 0 atom stereocenters. The van der Waals surface area contributed by atoms with Gasteiger partial charge in [0.15, 0.2) is 0 Å². The Morgan fingerprint density at radius 2 is 1.76 bits per heavy atom. The van der Waals surface area contributed by atoms with Crippen molar-refractivity contribution in [3.05, 3.63) is 53.3 Å². The minimum atomic E-state index is -0.215. The Kier molecular flexibility index (Phi) is 6.37. The van der Waals surface area contributed by atoms with Gasteiger partial charge in [-0.1, -0.05) is 27.7 Å². The SMILES string of the molecule is CSc1nc(C(C)C)nc(C)c1C(=O)Nc1ccc(-c2ncc(C(C)C)o2)cc1. The molecule has 0 saturated carbocycles. The van der Waals surface area contributed by atoms with E-state index in [0.717, 1.165) is 17.1 Å². The zero-order chi connectivity index (χ0) is 21.1. The van der Waals surface area contributed by atoms with Crippen LogP contribution < -0.4 is 5.32 Å². The van der Waals surface area contributed by atoms with E-state index in [1.54, 1.807) is 6.20 Å². The maximum atomic E-state index is 12.9. The van der Waals surface area contributed by atoms with Crippen LogP contribution in [0.15, 0.2) is 39.9 Å². The molecular formula is C22H26N4O2S. The standard InChI is InChI=1S/C22H26N4O2S/c1-12(2)17-11-23-21(28-17)15-7-9-16(10-8-15)25-20(27)18-14(5)24-19(13(3)4)26-22(18)29-6/h7-13H,1-6H3,(H,25,27). The van der Waals surface area contributed by atoms with Gasteiger partial charge in [-0.25, -0.2) is 15.0 Å². The number of benzene rings is 1. The molecule has 1 N–H and O–H groups in total. The molecule has 0 spiro atoms. The van der Waals surface area contributed by atoms with Crippen LogP contribution in [0.5, 0.6) is 0 Å². The number of carbonyl (C=O) groups excluding carboxylic acids is 1. The summed E-state index contributed by atoms with van der Waals surface area (Å²) in [6.07, 6.45) is 3.67. The molecule has 0 aliphatic rings. The minimum absolute atomic E-state index is 0.204. The molecule has 3 aromatic rings. The zero-order valence-corrected chi connectivity index (χ0v) is 18.4. The van der Waals surface area contributed by atoms with E-state index < -0.39 is 0 Å². The lowest BCUT2D eigenvalue weighted by atomic mass is 10.1. The Bertz CT molecular complexity index is 1010. The number of rotatable bonds is 6. The van der Waals surface area contributed by atoms with E-state index in [1.807, 2.05) is 51.3 Å². The number of amides is 1. The van der Waals surface area contributed by atoms with E-state index in [1.165, 1.54) is 11.8 Å². The third kappa shape index (κ3) is 4.67. The molecule has 0 unspecified atom stereocenters. The minimum Gasteiger partial charge on any atom is -0.441 e. The van der Waals surface area contributed by atoms with Crippen molar-refractivity contribution in [2.24, 2.45) is 0 Å². The topological polar surface area (TPSA) is 80.9 Å². The van der Waals surface area contributed by atoms with Gasteiger partial charge in [0.2, 0.25) is 5.89 Å². The normalized spacial score (nSPS) is 11.3. The molecule has 6 nitrogen and oxygen atoms in total. The van der Waals surface area contributed by atoms with Crippen LogP contribution in [-0.4, -0.2) is 27.1 Å². The molecule has 152 valence electrons. The Hall–Kier alpha value is -2.67. The molecule has 0 bridgehead atoms. The number of aryl methyl sites for hydroxylation is 1. The van der Waals surface area contributed by atoms with Crippen molar-refractivity contribution in [2.45, 2.75) is 51.5 Å². The van der Waals surface area contributed by atoms with Gasteiger partial charge in [-0.3, -0.25) is 4.79 Å². The fourth-order valence-corrected chi connectivity index (χ4v) is 3.44. The largest absolute Gasteiger partial charge is 0.441 e. The summed E-state index contributed by atoms with van der Waals surface area (Å²) < 4.78 is 5.78. The Labute approximate surface area is 175 Å². The molecule has 3 rings (SSSR count). The highest BCUT2D eigenvalue weighted by Crippen LogP contribution is 2.26. The number of nitrogens with zero attached hydrogens (tertiary/aromatic N) is 3. The average Bonchev–Trinajstić information content (AvgIpc) is 3.18. The van der Waals surface area contributed by atoms with Gasteiger partial charge in [-0.2, -0.15) is 0 Å². The summed E-state index contributed by atoms with van der Waals surface area (Å²) in [7, 11) is 0. The van der Waals surface area contributed by atoms with Crippen molar-refractivity contribution in [1.29, 1.82) is 0 Å². The third-order valence-corrected chi connectivity index (χ3v) is 5.18. The highest BCUT2D eigenvalue weighted by molar-refractivity contribution is 7.98. The van der Waals surface area contributed by atoms with Crippen molar-refractivity contribution in [3.63, 3.8) is 0 Å². The summed E-state index contributed by atoms with van der Waals surface area (Å²) in [6, 6.07) is 7.44. The summed E-state index contributed by atoms with van der Waals surface area (Å²) in [6.45, 7) is 10.0. The maximum Gasteiger partial charge on any atom is 0.260 e. The van der Waals surface area contributed by atoms with E-state index in [0.29, 0.717) is 27.9 Å². The molecule has 0 aliphatic heterocycles.